The third kappa shape index (κ3) is 23.5. The van der Waals surface area contributed by atoms with Crippen molar-refractivity contribution in [1.82, 2.24) is 10.6 Å². The van der Waals surface area contributed by atoms with Gasteiger partial charge in [-0.25, -0.2) is 48.7 Å². The standard InChI is InChI=1S/C11H17F2NO4.C10H15F2NO.C10H17F2N.C10H14F2O2.C7H10F2O/c1-18-10(15)6-9(7-14(16)17)8-2-4-11(12,13)5-3-8;11-10(12)3-1-7(2-4-10)8-5-9(14)13-6-8;11-10(12)4-1-8(2-5-10)9-3-6-13-7-9;1-14-9(13)3-2-8-4-6-10(11,12)7-5-8;8-7(9)3-1-6(5-10)2-4-7/h8-9H,2-7H2,1H3;7-8H,1-6H2,(H,13,14);8-9,13H,1-7H2;2-3,8H,4-7H2,1H3;5-6H,1-4H2/b;;;3-2+;. The maximum Gasteiger partial charge on any atom is 0.330 e. The summed E-state index contributed by atoms with van der Waals surface area (Å²) >= 11 is 0. The van der Waals surface area contributed by atoms with E-state index in [9.17, 15) is 73.2 Å². The molecule has 21 heteroatoms. The fourth-order valence-corrected chi connectivity index (χ4v) is 10.2. The number of nitro groups is 1. The maximum absolute atomic E-state index is 13.0. The highest BCUT2D eigenvalue weighted by Gasteiger charge is 2.42. The van der Waals surface area contributed by atoms with Crippen molar-refractivity contribution in [3.05, 3.63) is 22.3 Å². The van der Waals surface area contributed by atoms with Gasteiger partial charge in [0.15, 0.2) is 0 Å². The van der Waals surface area contributed by atoms with E-state index in [-0.39, 0.29) is 114 Å². The molecule has 398 valence electrons. The van der Waals surface area contributed by atoms with Crippen LogP contribution in [0.2, 0.25) is 0 Å². The van der Waals surface area contributed by atoms with E-state index in [4.69, 9.17) is 0 Å². The van der Waals surface area contributed by atoms with Crippen molar-refractivity contribution in [1.29, 1.82) is 0 Å². The fraction of sp³-hybridized carbons (Fsp3) is 0.875. The number of allylic oxidation sites excluding steroid dienone is 1. The summed E-state index contributed by atoms with van der Waals surface area (Å²) in [6, 6.07) is 0. The van der Waals surface area contributed by atoms with Crippen molar-refractivity contribution in [2.24, 2.45) is 47.3 Å². The first kappa shape index (κ1) is 59.8. The first-order valence-corrected chi connectivity index (χ1v) is 24.5. The molecule has 0 aromatic rings. The zero-order valence-corrected chi connectivity index (χ0v) is 39.9. The van der Waals surface area contributed by atoms with Crippen LogP contribution in [0.15, 0.2) is 12.2 Å². The molecule has 7 aliphatic rings. The second-order valence-corrected chi connectivity index (χ2v) is 20.1. The third-order valence-corrected chi connectivity index (χ3v) is 14.9. The molecule has 5 aliphatic carbocycles. The average molecular weight is 1010 g/mol. The molecule has 3 unspecified atom stereocenters. The fourth-order valence-electron chi connectivity index (χ4n) is 10.2. The van der Waals surface area contributed by atoms with Gasteiger partial charge in [-0.05, 0) is 119 Å². The van der Waals surface area contributed by atoms with E-state index in [1.807, 2.05) is 0 Å². The lowest BCUT2D eigenvalue weighted by Crippen LogP contribution is -2.32. The Kier molecular flexibility index (Phi) is 24.2. The third-order valence-electron chi connectivity index (χ3n) is 14.9. The number of carbonyl (C=O) groups excluding carboxylic acids is 4. The SMILES string of the molecule is COC(=O)/C=C/C1CCC(F)(F)CC1.COC(=O)CC(C[N+](=O)[O-])C1CCC(F)(F)CC1.FC1(F)CCC(C2CCNC2)CC1.O=C1CC(C2CCC(F)(F)CC2)CN1.O=CC1CCC(F)(F)CC1. The normalized spacial score (nSPS) is 27.2. The van der Waals surface area contributed by atoms with Crippen molar-refractivity contribution in [2.75, 3.05) is 40.4 Å². The molecule has 3 atom stereocenters. The summed E-state index contributed by atoms with van der Waals surface area (Å²) in [6.07, 6.45) is 9.44. The van der Waals surface area contributed by atoms with Gasteiger partial charge in [-0.15, -0.1) is 0 Å². The first-order valence-electron chi connectivity index (χ1n) is 24.5. The molecule has 0 aromatic heterocycles. The largest absolute Gasteiger partial charge is 0.469 e. The van der Waals surface area contributed by atoms with Crippen LogP contribution in [0.1, 0.15) is 148 Å². The Morgan fingerprint density at radius 2 is 1.07 bits per heavy atom. The highest BCUT2D eigenvalue weighted by molar-refractivity contribution is 5.81. The van der Waals surface area contributed by atoms with Gasteiger partial charge in [0, 0.05) is 100 Å². The molecule has 2 aliphatic heterocycles. The minimum Gasteiger partial charge on any atom is -0.469 e. The van der Waals surface area contributed by atoms with Gasteiger partial charge < -0.3 is 24.9 Å². The van der Waals surface area contributed by atoms with Gasteiger partial charge in [0.25, 0.3) is 0 Å². The van der Waals surface area contributed by atoms with Crippen LogP contribution < -0.4 is 10.6 Å². The number of rotatable bonds is 10. The van der Waals surface area contributed by atoms with Crippen molar-refractivity contribution >= 4 is 24.1 Å². The molecule has 2 heterocycles. The van der Waals surface area contributed by atoms with Crippen LogP contribution in [-0.4, -0.2) is 99.1 Å². The number of hydrogen-bond acceptors (Lipinski definition) is 9. The van der Waals surface area contributed by atoms with Crippen LogP contribution in [0.25, 0.3) is 0 Å². The van der Waals surface area contributed by atoms with Gasteiger partial charge in [-0.2, -0.15) is 0 Å². The number of carbonyl (C=O) groups is 4. The zero-order chi connectivity index (χ0) is 51.5. The second-order valence-electron chi connectivity index (χ2n) is 20.1. The van der Waals surface area contributed by atoms with E-state index in [1.54, 1.807) is 6.08 Å². The van der Waals surface area contributed by atoms with Crippen LogP contribution in [0.5, 0.6) is 0 Å². The van der Waals surface area contributed by atoms with Gasteiger partial charge in [0.1, 0.15) is 6.29 Å². The number of ether oxygens (including phenoxy) is 2. The number of halogens is 10. The summed E-state index contributed by atoms with van der Waals surface area (Å²) in [5.74, 6) is -12.2. The Bertz CT molecular complexity index is 1600. The summed E-state index contributed by atoms with van der Waals surface area (Å²) < 4.78 is 137. The Morgan fingerprint density at radius 1 is 0.638 bits per heavy atom. The molecular formula is C48H73F10N3O8. The minimum atomic E-state index is -2.67. The number of aldehydes is 1. The Labute approximate surface area is 398 Å². The van der Waals surface area contributed by atoms with Crippen LogP contribution in [-0.2, 0) is 28.7 Å². The Morgan fingerprint density at radius 3 is 1.45 bits per heavy atom. The van der Waals surface area contributed by atoms with E-state index in [1.165, 1.54) is 26.7 Å². The molecule has 1 amide bonds. The van der Waals surface area contributed by atoms with E-state index < -0.39 is 52.4 Å². The zero-order valence-electron chi connectivity index (χ0n) is 39.9. The molecule has 0 bridgehead atoms. The van der Waals surface area contributed by atoms with E-state index in [0.29, 0.717) is 75.2 Å². The summed E-state index contributed by atoms with van der Waals surface area (Å²) in [7, 11) is 2.50. The van der Waals surface area contributed by atoms with Gasteiger partial charge in [-0.1, -0.05) is 6.08 Å². The van der Waals surface area contributed by atoms with Crippen molar-refractivity contribution in [3.63, 3.8) is 0 Å². The van der Waals surface area contributed by atoms with Crippen LogP contribution in [0.3, 0.4) is 0 Å². The lowest BCUT2D eigenvalue weighted by atomic mass is 9.77. The number of nitrogens with one attached hydrogen (secondary N) is 2. The lowest BCUT2D eigenvalue weighted by molar-refractivity contribution is -0.490. The summed E-state index contributed by atoms with van der Waals surface area (Å²) in [4.78, 5) is 53.1. The second kappa shape index (κ2) is 27.9. The maximum atomic E-state index is 13.0. The quantitative estimate of drug-likeness (QED) is 0.0544. The van der Waals surface area contributed by atoms with Crippen molar-refractivity contribution in [2.45, 2.75) is 177 Å². The number of esters is 2. The Hall–Kier alpha value is -3.52. The van der Waals surface area contributed by atoms with Gasteiger partial charge in [-0.3, -0.25) is 19.7 Å². The number of alkyl halides is 10. The summed E-state index contributed by atoms with van der Waals surface area (Å²) in [5.41, 5.74) is 0. The van der Waals surface area contributed by atoms with Crippen LogP contribution >= 0.6 is 0 Å². The molecule has 7 fully saturated rings. The molecule has 2 N–H and O–H groups in total. The van der Waals surface area contributed by atoms with E-state index in [2.05, 4.69) is 20.1 Å². The molecule has 5 saturated carbocycles. The van der Waals surface area contributed by atoms with Crippen molar-refractivity contribution in [3.8, 4) is 0 Å². The van der Waals surface area contributed by atoms with Gasteiger partial charge >= 0.3 is 11.9 Å². The lowest BCUT2D eigenvalue weighted by Gasteiger charge is -2.31. The average Bonchev–Trinajstić information content (AvgIpc) is 3.99. The molecule has 69 heavy (non-hydrogen) atoms. The van der Waals surface area contributed by atoms with Gasteiger partial charge in [0.2, 0.25) is 42.1 Å². The minimum absolute atomic E-state index is 0.00234. The number of hydrogen-bond donors (Lipinski definition) is 2. The van der Waals surface area contributed by atoms with Crippen molar-refractivity contribution < 1.29 is 77.5 Å². The molecule has 11 nitrogen and oxygen atoms in total. The highest BCUT2D eigenvalue weighted by Crippen LogP contribution is 2.43. The van der Waals surface area contributed by atoms with Gasteiger partial charge in [0.05, 0.1) is 20.6 Å². The highest BCUT2D eigenvalue weighted by atomic mass is 19.3. The summed E-state index contributed by atoms with van der Waals surface area (Å²) in [5, 5.41) is 16.6. The molecular weight excluding hydrogens is 937 g/mol. The molecule has 0 aromatic carbocycles. The summed E-state index contributed by atoms with van der Waals surface area (Å²) in [6.45, 7) is 2.45. The predicted octanol–water partition coefficient (Wildman–Crippen LogP) is 11.2. The monoisotopic (exact) mass is 1010 g/mol. The topological polar surface area (TPSA) is 154 Å². The van der Waals surface area contributed by atoms with E-state index >= 15 is 0 Å². The molecule has 2 saturated heterocycles. The molecule has 0 spiro atoms. The molecule has 7 rings (SSSR count). The molecule has 0 radical (unpaired) electrons. The number of nitrogens with zero attached hydrogens (tertiary/aromatic N) is 1. The smallest absolute Gasteiger partial charge is 0.330 e. The van der Waals surface area contributed by atoms with Crippen LogP contribution in [0.4, 0.5) is 43.9 Å². The number of methoxy groups -OCH3 is 2. The number of amides is 1. The van der Waals surface area contributed by atoms with Crippen LogP contribution in [0, 0.1) is 57.5 Å². The van der Waals surface area contributed by atoms with E-state index in [0.717, 1.165) is 32.2 Å². The first-order chi connectivity index (χ1) is 32.2. The predicted molar refractivity (Wildman–Crippen MR) is 236 cm³/mol. The Balaban J connectivity index is 0.000000231.